The van der Waals surface area contributed by atoms with Crippen molar-refractivity contribution in [2.24, 2.45) is 5.92 Å². The van der Waals surface area contributed by atoms with Crippen molar-refractivity contribution in [2.75, 3.05) is 6.61 Å². The number of hydrogen-bond donors (Lipinski definition) is 1. The van der Waals surface area contributed by atoms with Crippen molar-refractivity contribution in [2.45, 2.75) is 32.2 Å². The number of aliphatic hydroxyl groups is 1. The van der Waals surface area contributed by atoms with Gasteiger partial charge in [0.15, 0.2) is 0 Å². The van der Waals surface area contributed by atoms with E-state index in [1.54, 1.807) is 17.4 Å². The Morgan fingerprint density at radius 1 is 1.39 bits per heavy atom. The minimum atomic E-state index is -0.544. The van der Waals surface area contributed by atoms with Crippen LogP contribution in [0.25, 0.3) is 28.1 Å². The Kier molecular flexibility index (Phi) is 3.63. The third-order valence-electron chi connectivity index (χ3n) is 5.43. The van der Waals surface area contributed by atoms with Crippen molar-refractivity contribution in [1.82, 2.24) is 24.1 Å². The second-order valence-electron chi connectivity index (χ2n) is 7.43. The molecule has 0 radical (unpaired) electrons. The van der Waals surface area contributed by atoms with Crippen LogP contribution in [0.1, 0.15) is 38.1 Å². The van der Waals surface area contributed by atoms with Crippen LogP contribution in [0.4, 0.5) is 4.39 Å². The lowest BCUT2D eigenvalue weighted by molar-refractivity contribution is 0.239. The van der Waals surface area contributed by atoms with Gasteiger partial charge in [-0.1, -0.05) is 12.1 Å². The van der Waals surface area contributed by atoms with E-state index in [0.717, 1.165) is 6.42 Å². The van der Waals surface area contributed by atoms with Crippen molar-refractivity contribution >= 4 is 16.6 Å². The van der Waals surface area contributed by atoms with E-state index in [4.69, 9.17) is 4.52 Å². The van der Waals surface area contributed by atoms with Crippen LogP contribution < -0.4 is 5.56 Å². The van der Waals surface area contributed by atoms with Gasteiger partial charge in [0.2, 0.25) is 11.7 Å². The summed E-state index contributed by atoms with van der Waals surface area (Å²) in [5.41, 5.74) is 1.13. The first-order valence-corrected chi connectivity index (χ1v) is 9.15. The topological polar surface area (TPSA) is 98.5 Å². The predicted octanol–water partition coefficient (Wildman–Crippen LogP) is 2.52. The number of hydrogen-bond acceptors (Lipinski definition) is 6. The first-order valence-electron chi connectivity index (χ1n) is 9.15. The van der Waals surface area contributed by atoms with Gasteiger partial charge in [-0.25, -0.2) is 9.37 Å². The monoisotopic (exact) mass is 383 g/mol. The predicted molar refractivity (Wildman–Crippen MR) is 98.5 cm³/mol. The van der Waals surface area contributed by atoms with Crippen LogP contribution in [-0.2, 0) is 0 Å². The van der Waals surface area contributed by atoms with Gasteiger partial charge in [0.25, 0.3) is 5.56 Å². The molecule has 1 aliphatic carbocycles. The summed E-state index contributed by atoms with van der Waals surface area (Å²) in [5.74, 6) is 1.10. The Labute approximate surface area is 158 Å². The molecule has 3 atom stereocenters. The molecule has 9 heteroatoms. The average Bonchev–Trinajstić information content (AvgIpc) is 3.09. The van der Waals surface area contributed by atoms with Crippen molar-refractivity contribution in [3.8, 4) is 11.5 Å². The molecule has 3 unspecified atom stereocenters. The Bertz CT molecular complexity index is 1270. The van der Waals surface area contributed by atoms with Gasteiger partial charge in [0.1, 0.15) is 23.4 Å². The van der Waals surface area contributed by atoms with Gasteiger partial charge in [-0.15, -0.1) is 0 Å². The van der Waals surface area contributed by atoms with Crippen LogP contribution in [-0.4, -0.2) is 35.8 Å². The molecule has 0 aliphatic heterocycles. The Morgan fingerprint density at radius 2 is 2.18 bits per heavy atom. The number of aromatic nitrogens is 5. The highest BCUT2D eigenvalue weighted by molar-refractivity contribution is 5.83. The number of nitrogens with zero attached hydrogens (tertiary/aromatic N) is 5. The number of rotatable bonds is 4. The second kappa shape index (κ2) is 5.96. The van der Waals surface area contributed by atoms with Crippen LogP contribution in [0, 0.1) is 11.7 Å². The fourth-order valence-electron chi connectivity index (χ4n) is 3.68. The maximum atomic E-state index is 13.9. The summed E-state index contributed by atoms with van der Waals surface area (Å²) in [6.45, 7) is 3.54. The van der Waals surface area contributed by atoms with Crippen LogP contribution in [0.3, 0.4) is 0 Å². The van der Waals surface area contributed by atoms with E-state index < -0.39 is 17.4 Å². The maximum absolute atomic E-state index is 13.9. The molecule has 0 bridgehead atoms. The quantitative estimate of drug-likeness (QED) is 0.581. The number of halogens is 1. The minimum Gasteiger partial charge on any atom is -0.394 e. The fourth-order valence-corrected chi connectivity index (χ4v) is 3.68. The minimum absolute atomic E-state index is 0.248. The summed E-state index contributed by atoms with van der Waals surface area (Å²) in [7, 11) is 0. The number of benzene rings is 1. The molecule has 1 aliphatic rings. The zero-order chi connectivity index (χ0) is 19.6. The Hall–Kier alpha value is -3.07. The van der Waals surface area contributed by atoms with Crippen LogP contribution in [0.2, 0.25) is 0 Å². The molecular formula is C19H18FN5O3. The highest BCUT2D eigenvalue weighted by Crippen LogP contribution is 2.46. The van der Waals surface area contributed by atoms with Crippen LogP contribution in [0.15, 0.2) is 33.8 Å². The summed E-state index contributed by atoms with van der Waals surface area (Å²) >= 11 is 0. The molecule has 0 amide bonds. The lowest BCUT2D eigenvalue weighted by Crippen LogP contribution is -2.27. The molecule has 28 heavy (non-hydrogen) atoms. The summed E-state index contributed by atoms with van der Waals surface area (Å²) in [6.07, 6.45) is 2.50. The second-order valence-corrected chi connectivity index (χ2v) is 7.43. The lowest BCUT2D eigenvalue weighted by Gasteiger charge is -2.17. The molecule has 3 aromatic heterocycles. The molecule has 1 aromatic carbocycles. The van der Waals surface area contributed by atoms with Gasteiger partial charge < -0.3 is 9.63 Å². The van der Waals surface area contributed by atoms with Gasteiger partial charge in [0.05, 0.1) is 23.7 Å². The molecule has 1 fully saturated rings. The molecular weight excluding hydrogens is 365 g/mol. The average molecular weight is 383 g/mol. The van der Waals surface area contributed by atoms with Crippen LogP contribution >= 0.6 is 0 Å². The third kappa shape index (κ3) is 2.39. The van der Waals surface area contributed by atoms with Crippen molar-refractivity contribution in [1.29, 1.82) is 0 Å². The van der Waals surface area contributed by atoms with E-state index in [0.29, 0.717) is 28.5 Å². The molecule has 144 valence electrons. The molecule has 3 heterocycles. The third-order valence-corrected chi connectivity index (χ3v) is 5.43. The summed E-state index contributed by atoms with van der Waals surface area (Å²) in [6, 6.07) is 3.64. The van der Waals surface area contributed by atoms with Crippen molar-refractivity contribution < 1.29 is 14.0 Å². The van der Waals surface area contributed by atoms with E-state index >= 15 is 0 Å². The Balaban J connectivity index is 1.80. The lowest BCUT2D eigenvalue weighted by atomic mass is 10.2. The molecule has 8 nitrogen and oxygen atoms in total. The summed E-state index contributed by atoms with van der Waals surface area (Å²) in [5, 5.41) is 13.6. The molecule has 4 aromatic rings. The van der Waals surface area contributed by atoms with E-state index in [2.05, 4.69) is 22.0 Å². The first kappa shape index (κ1) is 17.1. The molecule has 5 rings (SSSR count). The van der Waals surface area contributed by atoms with Crippen molar-refractivity contribution in [3.05, 3.63) is 46.6 Å². The summed E-state index contributed by atoms with van der Waals surface area (Å²) in [4.78, 5) is 22.1. The zero-order valence-electron chi connectivity index (χ0n) is 15.3. The van der Waals surface area contributed by atoms with Gasteiger partial charge in [-0.3, -0.25) is 13.8 Å². The van der Waals surface area contributed by atoms with E-state index in [-0.39, 0.29) is 23.9 Å². The highest BCUT2D eigenvalue weighted by Gasteiger charge is 2.39. The molecule has 1 saturated carbocycles. The first-order chi connectivity index (χ1) is 13.5. The van der Waals surface area contributed by atoms with Gasteiger partial charge >= 0.3 is 0 Å². The zero-order valence-corrected chi connectivity index (χ0v) is 15.3. The number of imidazole rings is 1. The van der Waals surface area contributed by atoms with Gasteiger partial charge in [0, 0.05) is 5.92 Å². The van der Waals surface area contributed by atoms with Gasteiger partial charge in [-0.05, 0) is 37.5 Å². The van der Waals surface area contributed by atoms with Gasteiger partial charge in [-0.2, -0.15) is 4.98 Å². The number of aliphatic hydroxyl groups excluding tert-OH is 1. The normalized spacial score (nSPS) is 20.1. The Morgan fingerprint density at radius 3 is 2.89 bits per heavy atom. The standard InChI is InChI=1S/C19H18FN5O3/c1-9-5-12(9)18-22-17(23-28-18)15-16-19(27)25(10(2)7-26)14-6-11(20)3-4-13(14)24(16)8-21-15/h3-4,6,8-10,12,26H,5,7H2,1-2H3. The SMILES string of the molecule is CC1CC1c1nc(-c2ncn3c2c(=O)n(C(C)CO)c2cc(F)ccc23)no1. The smallest absolute Gasteiger partial charge is 0.278 e. The van der Waals surface area contributed by atoms with Crippen LogP contribution in [0.5, 0.6) is 0 Å². The summed E-state index contributed by atoms with van der Waals surface area (Å²) < 4.78 is 22.2. The van der Waals surface area contributed by atoms with E-state index in [9.17, 15) is 14.3 Å². The molecule has 0 saturated heterocycles. The maximum Gasteiger partial charge on any atom is 0.278 e. The largest absolute Gasteiger partial charge is 0.394 e. The fraction of sp³-hybridized carbons (Fsp3) is 0.368. The highest BCUT2D eigenvalue weighted by atomic mass is 19.1. The molecule has 1 N–H and O–H groups in total. The van der Waals surface area contributed by atoms with Crippen molar-refractivity contribution in [3.63, 3.8) is 0 Å². The van der Waals surface area contributed by atoms with E-state index in [1.165, 1.54) is 23.0 Å². The molecule has 0 spiro atoms. The number of fused-ring (bicyclic) bond motifs is 3. The van der Waals surface area contributed by atoms with E-state index in [1.807, 2.05) is 0 Å².